The number of nitrogens with one attached hydrogen (secondary N) is 1. The van der Waals surface area contributed by atoms with Gasteiger partial charge in [-0.3, -0.25) is 9.48 Å². The average Bonchev–Trinajstić information content (AvgIpc) is 3.21. The number of hydrogen-bond acceptors (Lipinski definition) is 3. The van der Waals surface area contributed by atoms with Crippen molar-refractivity contribution in [2.24, 2.45) is 0 Å². The Balaban J connectivity index is 1.50. The summed E-state index contributed by atoms with van der Waals surface area (Å²) in [6, 6.07) is 26.7. The van der Waals surface area contributed by atoms with Crippen LogP contribution >= 0.6 is 11.6 Å². The van der Waals surface area contributed by atoms with E-state index in [0.29, 0.717) is 18.1 Å². The Morgan fingerprint density at radius 3 is 2.50 bits per heavy atom. The lowest BCUT2D eigenvalue weighted by Crippen LogP contribution is -2.47. The number of carbonyl (C=O) groups excluding carboxylic acids is 1. The highest BCUT2D eigenvalue weighted by Crippen LogP contribution is 2.31. The van der Waals surface area contributed by atoms with Crippen LogP contribution in [0.1, 0.15) is 23.6 Å². The van der Waals surface area contributed by atoms with Crippen LogP contribution in [0.25, 0.3) is 11.3 Å². The SMILES string of the molecule is CC(=O)NC1Cc2ccccc2N(Cc2cn(Cc3ccccc3)nc2-c2ccc(Cl)cc2)C1. The molecule has 5 nitrogen and oxygen atoms in total. The summed E-state index contributed by atoms with van der Waals surface area (Å²) in [5, 5.41) is 8.79. The molecule has 0 spiro atoms. The van der Waals surface area contributed by atoms with Crippen LogP contribution in [0.5, 0.6) is 0 Å². The number of aromatic nitrogens is 2. The molecule has 1 atom stereocenters. The van der Waals surface area contributed by atoms with E-state index in [9.17, 15) is 4.79 Å². The topological polar surface area (TPSA) is 50.2 Å². The van der Waals surface area contributed by atoms with Crippen molar-refractivity contribution >= 4 is 23.2 Å². The van der Waals surface area contributed by atoms with E-state index in [1.54, 1.807) is 6.92 Å². The quantitative estimate of drug-likeness (QED) is 0.415. The summed E-state index contributed by atoms with van der Waals surface area (Å²) in [6.07, 6.45) is 2.98. The van der Waals surface area contributed by atoms with Gasteiger partial charge in [-0.25, -0.2) is 0 Å². The van der Waals surface area contributed by atoms with Crippen molar-refractivity contribution in [2.75, 3.05) is 11.4 Å². The van der Waals surface area contributed by atoms with Crippen LogP contribution in [0.2, 0.25) is 5.02 Å². The molecule has 4 aromatic rings. The smallest absolute Gasteiger partial charge is 0.217 e. The highest BCUT2D eigenvalue weighted by atomic mass is 35.5. The summed E-state index contributed by atoms with van der Waals surface area (Å²) in [6.45, 7) is 3.73. The number of carbonyl (C=O) groups is 1. The Labute approximate surface area is 205 Å². The first-order chi connectivity index (χ1) is 16.5. The van der Waals surface area contributed by atoms with E-state index >= 15 is 0 Å². The molecule has 3 aromatic carbocycles. The number of benzene rings is 3. The van der Waals surface area contributed by atoms with E-state index < -0.39 is 0 Å². The minimum absolute atomic E-state index is 0.00173. The normalized spacial score (nSPS) is 15.1. The first kappa shape index (κ1) is 22.2. The molecule has 172 valence electrons. The minimum Gasteiger partial charge on any atom is -0.365 e. The predicted octanol–water partition coefficient (Wildman–Crippen LogP) is 5.32. The Hall–Kier alpha value is -3.57. The molecule has 1 unspecified atom stereocenters. The fraction of sp³-hybridized carbons (Fsp3) is 0.214. The number of halogens is 1. The Kier molecular flexibility index (Phi) is 6.37. The van der Waals surface area contributed by atoms with Gasteiger partial charge in [-0.2, -0.15) is 5.10 Å². The second-order valence-electron chi connectivity index (χ2n) is 8.80. The summed E-state index contributed by atoms with van der Waals surface area (Å²) in [7, 11) is 0. The Morgan fingerprint density at radius 2 is 1.74 bits per heavy atom. The van der Waals surface area contributed by atoms with Crippen molar-refractivity contribution in [3.8, 4) is 11.3 Å². The van der Waals surface area contributed by atoms with Crippen LogP contribution in [-0.2, 0) is 24.3 Å². The van der Waals surface area contributed by atoms with E-state index in [1.165, 1.54) is 16.8 Å². The summed E-state index contributed by atoms with van der Waals surface area (Å²) in [4.78, 5) is 14.1. The molecule has 1 aliphatic rings. The van der Waals surface area contributed by atoms with E-state index in [0.717, 1.165) is 29.8 Å². The summed E-state index contributed by atoms with van der Waals surface area (Å²) < 4.78 is 2.01. The highest BCUT2D eigenvalue weighted by Gasteiger charge is 2.26. The van der Waals surface area contributed by atoms with Crippen molar-refractivity contribution in [3.63, 3.8) is 0 Å². The number of anilines is 1. The van der Waals surface area contributed by atoms with Gasteiger partial charge in [0.05, 0.1) is 18.3 Å². The number of para-hydroxylation sites is 1. The largest absolute Gasteiger partial charge is 0.365 e. The fourth-order valence-electron chi connectivity index (χ4n) is 4.71. The number of fused-ring (bicyclic) bond motifs is 1. The predicted molar refractivity (Wildman–Crippen MR) is 137 cm³/mol. The third kappa shape index (κ3) is 5.00. The average molecular weight is 471 g/mol. The van der Waals surface area contributed by atoms with Gasteiger partial charge in [0.1, 0.15) is 0 Å². The zero-order valence-electron chi connectivity index (χ0n) is 19.1. The van der Waals surface area contributed by atoms with Crippen molar-refractivity contribution in [2.45, 2.75) is 32.5 Å². The van der Waals surface area contributed by atoms with Crippen molar-refractivity contribution in [3.05, 3.63) is 107 Å². The molecule has 0 radical (unpaired) electrons. The molecule has 0 saturated heterocycles. The van der Waals surface area contributed by atoms with Gasteiger partial charge in [0.2, 0.25) is 5.91 Å². The van der Waals surface area contributed by atoms with Crippen LogP contribution in [-0.4, -0.2) is 28.3 Å². The molecule has 2 heterocycles. The summed E-state index contributed by atoms with van der Waals surface area (Å²) in [5.74, 6) is 0.00173. The van der Waals surface area contributed by atoms with Crippen LogP contribution in [0, 0.1) is 0 Å². The monoisotopic (exact) mass is 470 g/mol. The third-order valence-corrected chi connectivity index (χ3v) is 6.40. The van der Waals surface area contributed by atoms with Gasteiger partial charge in [0.15, 0.2) is 0 Å². The lowest BCUT2D eigenvalue weighted by atomic mass is 9.97. The van der Waals surface area contributed by atoms with Gasteiger partial charge in [-0.1, -0.05) is 72.3 Å². The molecule has 1 aromatic heterocycles. The fourth-order valence-corrected chi connectivity index (χ4v) is 4.83. The lowest BCUT2D eigenvalue weighted by Gasteiger charge is -2.36. The summed E-state index contributed by atoms with van der Waals surface area (Å²) in [5.41, 5.74) is 6.78. The third-order valence-electron chi connectivity index (χ3n) is 6.15. The van der Waals surface area contributed by atoms with Gasteiger partial charge in [0, 0.05) is 48.0 Å². The van der Waals surface area contributed by atoms with Crippen LogP contribution in [0.15, 0.2) is 85.1 Å². The van der Waals surface area contributed by atoms with E-state index in [4.69, 9.17) is 16.7 Å². The second kappa shape index (κ2) is 9.74. The van der Waals surface area contributed by atoms with Crippen molar-refractivity contribution in [1.82, 2.24) is 15.1 Å². The minimum atomic E-state index is 0.00173. The number of amides is 1. The molecule has 0 saturated carbocycles. The Bertz CT molecular complexity index is 1280. The summed E-state index contributed by atoms with van der Waals surface area (Å²) >= 11 is 6.15. The molecule has 1 N–H and O–H groups in total. The first-order valence-electron chi connectivity index (χ1n) is 11.5. The maximum absolute atomic E-state index is 11.8. The standard InChI is InChI=1S/C28H27ClN4O/c1-20(34)30-26-15-23-9-5-6-10-27(23)32(19-26)17-24-18-33(16-21-7-3-2-4-8-21)31-28(24)22-11-13-25(29)14-12-22/h2-14,18,26H,15-17,19H2,1H3,(H,30,34). The maximum Gasteiger partial charge on any atom is 0.217 e. The van der Waals surface area contributed by atoms with Gasteiger partial charge in [-0.05, 0) is 35.7 Å². The molecule has 0 fully saturated rings. The number of nitrogens with zero attached hydrogens (tertiary/aromatic N) is 3. The van der Waals surface area contributed by atoms with Crippen molar-refractivity contribution < 1.29 is 4.79 Å². The Morgan fingerprint density at radius 1 is 1.00 bits per heavy atom. The molecular formula is C28H27ClN4O. The molecule has 0 bridgehead atoms. The number of rotatable bonds is 6. The van der Waals surface area contributed by atoms with Gasteiger partial charge < -0.3 is 10.2 Å². The van der Waals surface area contributed by atoms with Crippen LogP contribution < -0.4 is 10.2 Å². The second-order valence-corrected chi connectivity index (χ2v) is 9.24. The molecule has 5 rings (SSSR count). The van der Waals surface area contributed by atoms with Gasteiger partial charge in [-0.15, -0.1) is 0 Å². The van der Waals surface area contributed by atoms with E-state index in [1.807, 2.05) is 47.1 Å². The van der Waals surface area contributed by atoms with Gasteiger partial charge in [0.25, 0.3) is 0 Å². The van der Waals surface area contributed by atoms with Crippen molar-refractivity contribution in [1.29, 1.82) is 0 Å². The maximum atomic E-state index is 11.8. The zero-order chi connectivity index (χ0) is 23.5. The number of hydrogen-bond donors (Lipinski definition) is 1. The van der Waals surface area contributed by atoms with Crippen LogP contribution in [0.3, 0.4) is 0 Å². The zero-order valence-corrected chi connectivity index (χ0v) is 19.9. The highest BCUT2D eigenvalue weighted by molar-refractivity contribution is 6.30. The van der Waals surface area contributed by atoms with E-state index in [2.05, 4.69) is 52.8 Å². The van der Waals surface area contributed by atoms with Gasteiger partial charge >= 0.3 is 0 Å². The lowest BCUT2D eigenvalue weighted by molar-refractivity contribution is -0.119. The van der Waals surface area contributed by atoms with Crippen LogP contribution in [0.4, 0.5) is 5.69 Å². The van der Waals surface area contributed by atoms with E-state index in [-0.39, 0.29) is 11.9 Å². The molecule has 0 aliphatic carbocycles. The first-order valence-corrected chi connectivity index (χ1v) is 11.9. The molecule has 1 amide bonds. The molecule has 34 heavy (non-hydrogen) atoms. The molecule has 1 aliphatic heterocycles. The molecule has 6 heteroatoms. The molecular weight excluding hydrogens is 444 g/mol.